The molecule has 4 heterocycles. The van der Waals surface area contributed by atoms with Crippen LogP contribution in [-0.4, -0.2) is 79.2 Å². The molecule has 2 aromatic heterocycles. The number of hydrogen-bond donors (Lipinski definition) is 3. The fourth-order valence-electron chi connectivity index (χ4n) is 5.02. The number of carbonyl (C=O) groups excluding carboxylic acids is 2. The predicted molar refractivity (Wildman–Crippen MR) is 141 cm³/mol. The van der Waals surface area contributed by atoms with Gasteiger partial charge in [0.05, 0.1) is 17.9 Å². The summed E-state index contributed by atoms with van der Waals surface area (Å²) in [5.41, 5.74) is 3.13. The Morgan fingerprint density at radius 3 is 2.81 bits per heavy atom. The van der Waals surface area contributed by atoms with E-state index in [0.29, 0.717) is 66.9 Å². The highest BCUT2D eigenvalue weighted by atomic mass is 16.5. The highest BCUT2D eigenvalue weighted by molar-refractivity contribution is 6.01. The Kier molecular flexibility index (Phi) is 8.66. The Bertz CT molecular complexity index is 1170. The van der Waals surface area contributed by atoms with Crippen molar-refractivity contribution in [3.63, 3.8) is 0 Å². The number of nitriles is 1. The molecule has 0 radical (unpaired) electrons. The molecule has 0 aliphatic carbocycles. The number of nitrogens with one attached hydrogen (secondary N) is 3. The van der Waals surface area contributed by atoms with Crippen molar-refractivity contribution in [2.45, 2.75) is 45.3 Å². The molecule has 2 atom stereocenters. The van der Waals surface area contributed by atoms with Crippen molar-refractivity contribution in [3.05, 3.63) is 40.7 Å². The number of hydrogen-bond acceptors (Lipinski definition) is 9. The maximum Gasteiger partial charge on any atom is 0.328 e. The molecular weight excluding hydrogens is 472 g/mol. The van der Waals surface area contributed by atoms with Gasteiger partial charge in [-0.25, -0.2) is 14.8 Å². The van der Waals surface area contributed by atoms with Gasteiger partial charge >= 0.3 is 6.03 Å². The number of pyridine rings is 2. The lowest BCUT2D eigenvalue weighted by atomic mass is 10.0. The summed E-state index contributed by atoms with van der Waals surface area (Å²) >= 11 is 0. The smallest absolute Gasteiger partial charge is 0.328 e. The molecule has 0 bridgehead atoms. The van der Waals surface area contributed by atoms with Gasteiger partial charge in [0.1, 0.15) is 23.4 Å². The summed E-state index contributed by atoms with van der Waals surface area (Å²) in [6, 6.07) is 6.11. The van der Waals surface area contributed by atoms with Crippen molar-refractivity contribution >= 4 is 29.6 Å². The third-order valence-corrected chi connectivity index (χ3v) is 6.54. The molecule has 0 saturated carbocycles. The highest BCUT2D eigenvalue weighted by Crippen LogP contribution is 2.29. The number of urea groups is 1. The molecular formula is C26H34N8O3. The molecule has 0 spiro atoms. The third-order valence-electron chi connectivity index (χ3n) is 6.54. The van der Waals surface area contributed by atoms with E-state index in [4.69, 9.17) is 4.74 Å². The van der Waals surface area contributed by atoms with Gasteiger partial charge in [-0.15, -0.1) is 0 Å². The van der Waals surface area contributed by atoms with Crippen molar-refractivity contribution in [1.82, 2.24) is 20.2 Å². The lowest BCUT2D eigenvalue weighted by molar-refractivity contribution is 0.111. The summed E-state index contributed by atoms with van der Waals surface area (Å²) in [4.78, 5) is 38.0. The standard InChI is InChI=1S/C26H34N8O3/c1-17-13-33(14-18(2)30-17)15-20-9-19-5-4-7-34(25(19)31-23(20)16-35)26(36)32-24-10-22(28-6-8-37-3)21(11-27)12-29-24/h9-10,12,16-18,30H,4-8,13-15H2,1-3H3,(H2,28,29,32,36)/t17-,18+. The number of piperazine rings is 1. The van der Waals surface area contributed by atoms with Crippen LogP contribution in [0.4, 0.5) is 22.1 Å². The van der Waals surface area contributed by atoms with Crippen LogP contribution in [0.3, 0.4) is 0 Å². The van der Waals surface area contributed by atoms with Crippen LogP contribution in [-0.2, 0) is 17.7 Å². The second-order valence-electron chi connectivity index (χ2n) is 9.63. The zero-order valence-corrected chi connectivity index (χ0v) is 21.6. The van der Waals surface area contributed by atoms with Gasteiger partial charge in [0.2, 0.25) is 0 Å². The largest absolute Gasteiger partial charge is 0.383 e. The minimum atomic E-state index is -0.386. The molecule has 11 heteroatoms. The quantitative estimate of drug-likeness (QED) is 0.364. The van der Waals surface area contributed by atoms with Crippen LogP contribution in [0.1, 0.15) is 47.4 Å². The van der Waals surface area contributed by atoms with E-state index < -0.39 is 0 Å². The Morgan fingerprint density at radius 1 is 1.32 bits per heavy atom. The van der Waals surface area contributed by atoms with Crippen molar-refractivity contribution in [3.8, 4) is 6.07 Å². The summed E-state index contributed by atoms with van der Waals surface area (Å²) in [7, 11) is 1.60. The molecule has 2 aromatic rings. The Labute approximate surface area is 217 Å². The van der Waals surface area contributed by atoms with Crippen LogP contribution >= 0.6 is 0 Å². The van der Waals surface area contributed by atoms with Gasteiger partial charge in [0, 0.05) is 64.2 Å². The van der Waals surface area contributed by atoms with E-state index in [9.17, 15) is 14.9 Å². The monoisotopic (exact) mass is 506 g/mol. The van der Waals surface area contributed by atoms with Gasteiger partial charge in [-0.1, -0.05) is 0 Å². The summed E-state index contributed by atoms with van der Waals surface area (Å²) < 4.78 is 5.05. The minimum absolute atomic E-state index is 0.310. The van der Waals surface area contributed by atoms with E-state index in [-0.39, 0.29) is 6.03 Å². The maximum absolute atomic E-state index is 13.3. The molecule has 196 valence electrons. The summed E-state index contributed by atoms with van der Waals surface area (Å²) in [6.07, 6.45) is 3.76. The number of fused-ring (bicyclic) bond motifs is 1. The lowest BCUT2D eigenvalue weighted by Crippen LogP contribution is -2.53. The van der Waals surface area contributed by atoms with Crippen LogP contribution in [0.25, 0.3) is 0 Å². The maximum atomic E-state index is 13.3. The number of ether oxygens (including phenoxy) is 1. The normalized spacial score (nSPS) is 19.6. The second-order valence-corrected chi connectivity index (χ2v) is 9.63. The first-order valence-corrected chi connectivity index (χ1v) is 12.6. The first-order valence-electron chi connectivity index (χ1n) is 12.6. The number of nitrogens with zero attached hydrogens (tertiary/aromatic N) is 5. The highest BCUT2D eigenvalue weighted by Gasteiger charge is 2.28. The second kappa shape index (κ2) is 12.1. The number of aromatic nitrogens is 2. The third kappa shape index (κ3) is 6.40. The number of methoxy groups -OCH3 is 1. The molecule has 2 amide bonds. The molecule has 37 heavy (non-hydrogen) atoms. The number of carbonyl (C=O) groups is 2. The number of anilines is 3. The summed E-state index contributed by atoms with van der Waals surface area (Å²) in [5, 5.41) is 18.8. The fourth-order valence-corrected chi connectivity index (χ4v) is 5.02. The minimum Gasteiger partial charge on any atom is -0.383 e. The van der Waals surface area contributed by atoms with Crippen LogP contribution < -0.4 is 20.9 Å². The van der Waals surface area contributed by atoms with Crippen molar-refractivity contribution < 1.29 is 14.3 Å². The number of aryl methyl sites for hydroxylation is 1. The average Bonchev–Trinajstić information content (AvgIpc) is 2.87. The van der Waals surface area contributed by atoms with Gasteiger partial charge in [-0.3, -0.25) is 19.9 Å². The Balaban J connectivity index is 1.53. The Hall–Kier alpha value is -3.59. The molecule has 1 fully saturated rings. The van der Waals surface area contributed by atoms with Gasteiger partial charge in [-0.2, -0.15) is 5.26 Å². The lowest BCUT2D eigenvalue weighted by Gasteiger charge is -2.36. The van der Waals surface area contributed by atoms with Gasteiger partial charge in [-0.05, 0) is 43.9 Å². The summed E-state index contributed by atoms with van der Waals surface area (Å²) in [5.74, 6) is 0.814. The average molecular weight is 507 g/mol. The van der Waals surface area contributed by atoms with E-state index in [2.05, 4.69) is 50.7 Å². The van der Waals surface area contributed by atoms with Crippen molar-refractivity contribution in [2.75, 3.05) is 55.4 Å². The van der Waals surface area contributed by atoms with Gasteiger partial charge < -0.3 is 15.4 Å². The van der Waals surface area contributed by atoms with E-state index in [1.807, 2.05) is 6.07 Å². The van der Waals surface area contributed by atoms with Crippen LogP contribution in [0.2, 0.25) is 0 Å². The van der Waals surface area contributed by atoms with E-state index in [0.717, 1.165) is 43.3 Å². The van der Waals surface area contributed by atoms with Crippen molar-refractivity contribution in [1.29, 1.82) is 5.26 Å². The number of amides is 2. The number of rotatable bonds is 8. The molecule has 1 saturated heterocycles. The Morgan fingerprint density at radius 2 is 2.11 bits per heavy atom. The van der Waals surface area contributed by atoms with Crippen molar-refractivity contribution in [2.24, 2.45) is 0 Å². The van der Waals surface area contributed by atoms with E-state index >= 15 is 0 Å². The fraction of sp³-hybridized carbons (Fsp3) is 0.500. The molecule has 2 aliphatic heterocycles. The van der Waals surface area contributed by atoms with E-state index in [1.54, 1.807) is 18.1 Å². The topological polar surface area (TPSA) is 136 Å². The van der Waals surface area contributed by atoms with E-state index in [1.165, 1.54) is 6.20 Å². The molecule has 0 aromatic carbocycles. The first-order chi connectivity index (χ1) is 17.9. The summed E-state index contributed by atoms with van der Waals surface area (Å²) in [6.45, 7) is 8.21. The SMILES string of the molecule is COCCNc1cc(NC(=O)N2CCCc3cc(CN4C[C@@H](C)N[C@@H](C)C4)c(C=O)nc32)ncc1C#N. The molecule has 2 aliphatic rings. The molecule has 0 unspecified atom stereocenters. The first kappa shape index (κ1) is 26.5. The van der Waals surface area contributed by atoms with Crippen LogP contribution in [0.15, 0.2) is 18.3 Å². The van der Waals surface area contributed by atoms with Crippen LogP contribution in [0, 0.1) is 11.3 Å². The van der Waals surface area contributed by atoms with Gasteiger partial charge in [0.15, 0.2) is 6.29 Å². The molecule has 11 nitrogen and oxygen atoms in total. The molecule has 4 rings (SSSR count). The zero-order chi connectivity index (χ0) is 26.4. The van der Waals surface area contributed by atoms with Crippen LogP contribution in [0.5, 0.6) is 0 Å². The van der Waals surface area contributed by atoms with Gasteiger partial charge in [0.25, 0.3) is 0 Å². The zero-order valence-electron chi connectivity index (χ0n) is 21.6. The molecule has 3 N–H and O–H groups in total. The number of aldehydes is 1. The predicted octanol–water partition coefficient (Wildman–Crippen LogP) is 2.39.